The molecule has 0 atom stereocenters. The molecule has 0 fully saturated rings. The Morgan fingerprint density at radius 2 is 2.00 bits per heavy atom. The van der Waals surface area contributed by atoms with Crippen molar-refractivity contribution in [2.24, 2.45) is 5.10 Å². The van der Waals surface area contributed by atoms with E-state index in [0.717, 1.165) is 5.56 Å². The van der Waals surface area contributed by atoms with Gasteiger partial charge in [0.05, 0.1) is 13.3 Å². The lowest BCUT2D eigenvalue weighted by atomic mass is 10.2. The summed E-state index contributed by atoms with van der Waals surface area (Å²) in [5, 5.41) is 4.55. The molecule has 0 heterocycles. The zero-order valence-electron chi connectivity index (χ0n) is 10.8. The molecule has 0 aromatic heterocycles. The third-order valence-corrected chi connectivity index (χ3v) is 2.83. The number of carbonyl (C=O) groups is 1. The lowest BCUT2D eigenvalue weighted by Crippen LogP contribution is -2.17. The van der Waals surface area contributed by atoms with Gasteiger partial charge in [-0.1, -0.05) is 29.8 Å². The first kappa shape index (κ1) is 14.1. The second-order valence-electron chi connectivity index (χ2n) is 3.98. The van der Waals surface area contributed by atoms with Crippen LogP contribution in [-0.2, 0) is 0 Å². The number of benzene rings is 2. The maximum Gasteiger partial charge on any atom is 0.271 e. The molecule has 2 aromatic carbocycles. The third-order valence-electron chi connectivity index (χ3n) is 2.58. The van der Waals surface area contributed by atoms with Crippen molar-refractivity contribution in [3.05, 3.63) is 64.7 Å². The third kappa shape index (κ3) is 3.83. The van der Waals surface area contributed by atoms with Gasteiger partial charge in [0.25, 0.3) is 5.91 Å². The second kappa shape index (κ2) is 6.73. The van der Waals surface area contributed by atoms with Gasteiger partial charge in [-0.05, 0) is 35.9 Å². The summed E-state index contributed by atoms with van der Waals surface area (Å²) in [6, 6.07) is 14.0. The van der Waals surface area contributed by atoms with Crippen molar-refractivity contribution in [3.63, 3.8) is 0 Å². The van der Waals surface area contributed by atoms with Gasteiger partial charge < -0.3 is 4.74 Å². The first-order valence-corrected chi connectivity index (χ1v) is 6.30. The van der Waals surface area contributed by atoms with E-state index < -0.39 is 0 Å². The van der Waals surface area contributed by atoms with Gasteiger partial charge in [0.1, 0.15) is 5.75 Å². The zero-order valence-corrected chi connectivity index (χ0v) is 11.6. The number of halogens is 1. The van der Waals surface area contributed by atoms with E-state index >= 15 is 0 Å². The van der Waals surface area contributed by atoms with Crippen molar-refractivity contribution in [2.45, 2.75) is 0 Å². The maximum absolute atomic E-state index is 11.9. The first-order chi connectivity index (χ1) is 9.69. The van der Waals surface area contributed by atoms with Crippen molar-refractivity contribution in [1.82, 2.24) is 5.43 Å². The van der Waals surface area contributed by atoms with Crippen LogP contribution in [0.3, 0.4) is 0 Å². The second-order valence-corrected chi connectivity index (χ2v) is 4.42. The molecule has 1 amide bonds. The van der Waals surface area contributed by atoms with Gasteiger partial charge in [0, 0.05) is 10.6 Å². The van der Waals surface area contributed by atoms with Crippen molar-refractivity contribution >= 4 is 23.7 Å². The van der Waals surface area contributed by atoms with Gasteiger partial charge in [0.15, 0.2) is 0 Å². The Hall–Kier alpha value is -2.33. The van der Waals surface area contributed by atoms with E-state index in [2.05, 4.69) is 10.5 Å². The molecular weight excluding hydrogens is 276 g/mol. The highest BCUT2D eigenvalue weighted by atomic mass is 35.5. The van der Waals surface area contributed by atoms with Crippen molar-refractivity contribution < 1.29 is 9.53 Å². The fourth-order valence-electron chi connectivity index (χ4n) is 1.54. The number of nitrogens with one attached hydrogen (secondary N) is 1. The predicted octanol–water partition coefficient (Wildman–Crippen LogP) is 3.11. The summed E-state index contributed by atoms with van der Waals surface area (Å²) in [5.74, 6) is 0.327. The zero-order chi connectivity index (χ0) is 14.4. The van der Waals surface area contributed by atoms with Gasteiger partial charge in [-0.15, -0.1) is 0 Å². The average Bonchev–Trinajstić information content (AvgIpc) is 2.49. The fraction of sp³-hybridized carbons (Fsp3) is 0.0667. The Labute approximate surface area is 122 Å². The predicted molar refractivity (Wildman–Crippen MR) is 79.5 cm³/mol. The molecule has 2 rings (SSSR count). The maximum atomic E-state index is 11.9. The number of ether oxygens (including phenoxy) is 1. The van der Waals surface area contributed by atoms with Crippen molar-refractivity contribution in [1.29, 1.82) is 0 Å². The van der Waals surface area contributed by atoms with E-state index in [4.69, 9.17) is 16.3 Å². The van der Waals surface area contributed by atoms with Gasteiger partial charge in [-0.25, -0.2) is 5.43 Å². The van der Waals surface area contributed by atoms with Gasteiger partial charge in [-0.3, -0.25) is 4.79 Å². The molecule has 0 aliphatic rings. The highest BCUT2D eigenvalue weighted by Crippen LogP contribution is 2.12. The Morgan fingerprint density at radius 3 is 2.70 bits per heavy atom. The molecule has 0 bridgehead atoms. The van der Waals surface area contributed by atoms with Crippen molar-refractivity contribution in [3.8, 4) is 5.75 Å². The van der Waals surface area contributed by atoms with Gasteiger partial charge in [0.2, 0.25) is 0 Å². The Morgan fingerprint density at radius 1 is 1.25 bits per heavy atom. The highest BCUT2D eigenvalue weighted by Gasteiger charge is 2.04. The number of nitrogens with zero attached hydrogens (tertiary/aromatic N) is 1. The molecule has 0 saturated heterocycles. The number of amides is 1. The van der Waals surface area contributed by atoms with E-state index in [9.17, 15) is 4.79 Å². The van der Waals surface area contributed by atoms with E-state index in [1.54, 1.807) is 49.7 Å². The van der Waals surface area contributed by atoms with E-state index in [-0.39, 0.29) is 5.91 Å². The molecule has 0 unspecified atom stereocenters. The quantitative estimate of drug-likeness (QED) is 0.694. The normalized spacial score (nSPS) is 10.5. The number of carbonyl (C=O) groups excluding carboxylic acids is 1. The highest BCUT2D eigenvalue weighted by molar-refractivity contribution is 6.30. The van der Waals surface area contributed by atoms with Crippen LogP contribution in [0, 0.1) is 0 Å². The van der Waals surface area contributed by atoms with E-state index in [1.807, 2.05) is 12.1 Å². The monoisotopic (exact) mass is 288 g/mol. The van der Waals surface area contributed by atoms with Crippen molar-refractivity contribution in [2.75, 3.05) is 7.11 Å². The Kier molecular flexibility index (Phi) is 4.74. The van der Waals surface area contributed by atoms with Crippen LogP contribution in [0.1, 0.15) is 15.9 Å². The molecule has 102 valence electrons. The number of hydrazone groups is 1. The van der Waals surface area contributed by atoms with Crippen LogP contribution in [0.25, 0.3) is 0 Å². The van der Waals surface area contributed by atoms with Crippen LogP contribution in [0.5, 0.6) is 5.75 Å². The lowest BCUT2D eigenvalue weighted by molar-refractivity contribution is 0.0955. The SMILES string of the molecule is COc1cccc(C(=O)N/N=C/c2ccc(Cl)cc2)c1. The molecule has 1 N–H and O–H groups in total. The minimum atomic E-state index is -0.297. The van der Waals surface area contributed by atoms with E-state index in [0.29, 0.717) is 16.3 Å². The molecule has 2 aromatic rings. The van der Waals surface area contributed by atoms with Gasteiger partial charge in [-0.2, -0.15) is 5.10 Å². The molecule has 0 radical (unpaired) electrons. The smallest absolute Gasteiger partial charge is 0.271 e. The minimum absolute atomic E-state index is 0.297. The Balaban J connectivity index is 1.99. The molecule has 20 heavy (non-hydrogen) atoms. The molecular formula is C15H13ClN2O2. The standard InChI is InChI=1S/C15H13ClN2O2/c1-20-14-4-2-3-12(9-14)15(19)18-17-10-11-5-7-13(16)8-6-11/h2-10H,1H3,(H,18,19)/b17-10+. The topological polar surface area (TPSA) is 50.7 Å². The summed E-state index contributed by atoms with van der Waals surface area (Å²) in [6.07, 6.45) is 1.55. The summed E-state index contributed by atoms with van der Waals surface area (Å²) < 4.78 is 5.06. The van der Waals surface area contributed by atoms with Crippen LogP contribution in [-0.4, -0.2) is 19.2 Å². The summed E-state index contributed by atoms with van der Waals surface area (Å²) in [7, 11) is 1.55. The number of rotatable bonds is 4. The molecule has 5 heteroatoms. The van der Waals surface area contributed by atoms with Crippen LogP contribution >= 0.6 is 11.6 Å². The molecule has 0 spiro atoms. The van der Waals surface area contributed by atoms with Gasteiger partial charge >= 0.3 is 0 Å². The first-order valence-electron chi connectivity index (χ1n) is 5.92. The molecule has 0 aliphatic heterocycles. The van der Waals surface area contributed by atoms with Crippen LogP contribution in [0.15, 0.2) is 53.6 Å². The van der Waals surface area contributed by atoms with Crippen LogP contribution in [0.2, 0.25) is 5.02 Å². The Bertz CT molecular complexity index is 624. The summed E-state index contributed by atoms with van der Waals surface area (Å²) in [5.41, 5.74) is 3.79. The fourth-order valence-corrected chi connectivity index (χ4v) is 1.67. The minimum Gasteiger partial charge on any atom is -0.497 e. The largest absolute Gasteiger partial charge is 0.497 e. The van der Waals surface area contributed by atoms with Crippen LogP contribution < -0.4 is 10.2 Å². The molecule has 4 nitrogen and oxygen atoms in total. The summed E-state index contributed by atoms with van der Waals surface area (Å²) >= 11 is 5.78. The summed E-state index contributed by atoms with van der Waals surface area (Å²) in [6.45, 7) is 0. The lowest BCUT2D eigenvalue weighted by Gasteiger charge is -2.02. The number of hydrogen-bond donors (Lipinski definition) is 1. The van der Waals surface area contributed by atoms with E-state index in [1.165, 1.54) is 0 Å². The summed E-state index contributed by atoms with van der Waals surface area (Å²) in [4.78, 5) is 11.9. The average molecular weight is 289 g/mol. The number of hydrogen-bond acceptors (Lipinski definition) is 3. The molecule has 0 aliphatic carbocycles. The molecule has 0 saturated carbocycles. The number of methoxy groups -OCH3 is 1. The van der Waals surface area contributed by atoms with Crippen LogP contribution in [0.4, 0.5) is 0 Å².